The zero-order valence-electron chi connectivity index (χ0n) is 6.35. The first-order chi connectivity index (χ1) is 4.74. The number of hydrogen-bond acceptors (Lipinski definition) is 2. The first kappa shape index (κ1) is 7.77. The summed E-state index contributed by atoms with van der Waals surface area (Å²) < 4.78 is 5.05. The third-order valence-electron chi connectivity index (χ3n) is 1.79. The molecule has 0 aliphatic heterocycles. The molecule has 1 aliphatic carbocycles. The van der Waals surface area contributed by atoms with Crippen LogP contribution in [-0.4, -0.2) is 7.11 Å². The Labute approximate surface area is 67.2 Å². The summed E-state index contributed by atoms with van der Waals surface area (Å²) in [6.45, 7) is 2.15. The molecule has 0 spiro atoms. The molecule has 1 rings (SSSR count). The van der Waals surface area contributed by atoms with Crippen molar-refractivity contribution in [2.75, 3.05) is 7.11 Å². The molecular weight excluding hydrogens is 144 g/mol. The monoisotopic (exact) mass is 156 g/mol. The second-order valence-corrected chi connectivity index (χ2v) is 3.06. The Morgan fingerprint density at radius 2 is 2.40 bits per heavy atom. The van der Waals surface area contributed by atoms with Gasteiger partial charge >= 0.3 is 0 Å². The minimum absolute atomic E-state index is 0.558. The number of hydrogen-bond donors (Lipinski definition) is 1. The first-order valence-corrected chi connectivity index (χ1v) is 3.91. The van der Waals surface area contributed by atoms with E-state index in [1.165, 1.54) is 0 Å². The highest BCUT2D eigenvalue weighted by Crippen LogP contribution is 2.26. The van der Waals surface area contributed by atoms with Crippen LogP contribution in [0.5, 0.6) is 0 Å². The predicted octanol–water partition coefficient (Wildman–Crippen LogP) is 2.36. The fraction of sp³-hybridized carbons (Fsp3) is 0.625. The third kappa shape index (κ3) is 1.59. The molecule has 0 heterocycles. The molecule has 0 saturated heterocycles. The molecule has 0 radical (unpaired) electrons. The van der Waals surface area contributed by atoms with Gasteiger partial charge in [0.15, 0.2) is 0 Å². The molecule has 0 fully saturated rings. The summed E-state index contributed by atoms with van der Waals surface area (Å²) in [5.74, 6) is 1.49. The average Bonchev–Trinajstić information content (AvgIpc) is 1.95. The van der Waals surface area contributed by atoms with Crippen LogP contribution >= 0.6 is 12.6 Å². The van der Waals surface area contributed by atoms with Crippen molar-refractivity contribution < 1.29 is 4.74 Å². The Morgan fingerprint density at radius 3 is 2.90 bits per heavy atom. The van der Waals surface area contributed by atoms with Crippen LogP contribution < -0.4 is 0 Å². The molecular formula is C8H12OS. The van der Waals surface area contributed by atoms with Crippen LogP contribution in [-0.2, 0) is 4.74 Å². The van der Waals surface area contributed by atoms with Crippen molar-refractivity contribution in [2.24, 2.45) is 5.92 Å². The highest BCUT2D eigenvalue weighted by Gasteiger charge is 2.11. The van der Waals surface area contributed by atoms with Crippen molar-refractivity contribution in [3.8, 4) is 0 Å². The van der Waals surface area contributed by atoms with Crippen molar-refractivity contribution in [1.82, 2.24) is 0 Å². The number of methoxy groups -OCH3 is 1. The van der Waals surface area contributed by atoms with Crippen LogP contribution in [0.25, 0.3) is 0 Å². The van der Waals surface area contributed by atoms with Crippen LogP contribution in [0.15, 0.2) is 16.4 Å². The summed E-state index contributed by atoms with van der Waals surface area (Å²) in [5, 5.41) is 0. The molecule has 2 heteroatoms. The normalized spacial score (nSPS) is 25.3. The summed E-state index contributed by atoms with van der Waals surface area (Å²) in [7, 11) is 1.68. The van der Waals surface area contributed by atoms with Crippen LogP contribution in [0.1, 0.15) is 19.8 Å². The lowest BCUT2D eigenvalue weighted by Gasteiger charge is -2.14. The molecule has 0 saturated carbocycles. The summed E-state index contributed by atoms with van der Waals surface area (Å²) in [4.78, 5) is 1.02. The van der Waals surface area contributed by atoms with E-state index in [0.717, 1.165) is 23.5 Å². The standard InChI is InChI=1S/C8H12OS/c1-6-3-4-7(9-2)5-8(6)10/h6,10H,3-4H2,1-2H3/t6-/m0/s1. The minimum Gasteiger partial charge on any atom is -0.493 e. The van der Waals surface area contributed by atoms with Gasteiger partial charge in [0.25, 0.3) is 0 Å². The highest BCUT2D eigenvalue weighted by atomic mass is 32.1. The third-order valence-corrected chi connectivity index (χ3v) is 2.34. The van der Waals surface area contributed by atoms with Gasteiger partial charge < -0.3 is 4.74 Å². The zero-order valence-corrected chi connectivity index (χ0v) is 7.24. The maximum Gasteiger partial charge on any atom is 0.138 e. The van der Waals surface area contributed by atoms with E-state index in [2.05, 4.69) is 25.3 Å². The number of ether oxygens (including phenoxy) is 1. The van der Waals surface area contributed by atoms with Crippen molar-refractivity contribution in [3.63, 3.8) is 0 Å². The van der Waals surface area contributed by atoms with Crippen LogP contribution in [0, 0.1) is 5.92 Å². The molecule has 0 aromatic rings. The molecule has 0 unspecified atom stereocenters. The highest BCUT2D eigenvalue weighted by molar-refractivity contribution is 7.84. The second kappa shape index (κ2) is 3.18. The fourth-order valence-electron chi connectivity index (χ4n) is 0.966. The van der Waals surface area contributed by atoms with E-state index in [9.17, 15) is 0 Å². The van der Waals surface area contributed by atoms with E-state index in [1.54, 1.807) is 7.11 Å². The smallest absolute Gasteiger partial charge is 0.138 e. The fourth-order valence-corrected chi connectivity index (χ4v) is 1.22. The molecule has 1 aliphatic rings. The number of thiol groups is 1. The predicted molar refractivity (Wildman–Crippen MR) is 44.9 cm³/mol. The van der Waals surface area contributed by atoms with Gasteiger partial charge in [-0.05, 0) is 12.3 Å². The Kier molecular flexibility index (Phi) is 2.47. The average molecular weight is 156 g/mol. The summed E-state index contributed by atoms with van der Waals surface area (Å²) in [5.41, 5.74) is 3.09. The topological polar surface area (TPSA) is 9.23 Å². The SMILES string of the molecule is COC1=C=C(S)[C@@H](C)CC1. The molecule has 56 valence electrons. The van der Waals surface area contributed by atoms with E-state index in [-0.39, 0.29) is 0 Å². The lowest BCUT2D eigenvalue weighted by Crippen LogP contribution is -2.01. The van der Waals surface area contributed by atoms with E-state index in [4.69, 9.17) is 4.74 Å². The summed E-state index contributed by atoms with van der Waals surface area (Å²) in [6.07, 6.45) is 2.14. The lowest BCUT2D eigenvalue weighted by molar-refractivity contribution is 0.269. The lowest BCUT2D eigenvalue weighted by atomic mass is 10.0. The minimum atomic E-state index is 0.558. The second-order valence-electron chi connectivity index (χ2n) is 2.58. The zero-order chi connectivity index (χ0) is 7.56. The van der Waals surface area contributed by atoms with Gasteiger partial charge in [0.1, 0.15) is 5.76 Å². The number of rotatable bonds is 1. The Hall–Kier alpha value is -0.330. The van der Waals surface area contributed by atoms with Crippen molar-refractivity contribution in [1.29, 1.82) is 0 Å². The van der Waals surface area contributed by atoms with Crippen molar-refractivity contribution >= 4 is 12.6 Å². The van der Waals surface area contributed by atoms with Gasteiger partial charge in [0, 0.05) is 11.3 Å². The van der Waals surface area contributed by atoms with Crippen molar-refractivity contribution in [3.05, 3.63) is 16.4 Å². The van der Waals surface area contributed by atoms with Crippen LogP contribution in [0.3, 0.4) is 0 Å². The Bertz CT molecular complexity index is 187. The maximum atomic E-state index is 5.05. The van der Waals surface area contributed by atoms with Gasteiger partial charge in [-0.25, -0.2) is 0 Å². The molecule has 1 atom stereocenters. The molecule has 0 aromatic carbocycles. The first-order valence-electron chi connectivity index (χ1n) is 3.46. The van der Waals surface area contributed by atoms with Gasteiger partial charge in [0.05, 0.1) is 7.11 Å². The molecule has 10 heavy (non-hydrogen) atoms. The van der Waals surface area contributed by atoms with Gasteiger partial charge in [-0.3, -0.25) is 0 Å². The van der Waals surface area contributed by atoms with E-state index in [1.807, 2.05) is 0 Å². The Morgan fingerprint density at radius 1 is 1.70 bits per heavy atom. The summed E-state index contributed by atoms with van der Waals surface area (Å²) in [6, 6.07) is 0. The molecule has 0 amide bonds. The van der Waals surface area contributed by atoms with Crippen molar-refractivity contribution in [2.45, 2.75) is 19.8 Å². The molecule has 0 N–H and O–H groups in total. The molecule has 0 bridgehead atoms. The van der Waals surface area contributed by atoms with E-state index in [0.29, 0.717) is 5.92 Å². The molecule has 1 nitrogen and oxygen atoms in total. The van der Waals surface area contributed by atoms with Gasteiger partial charge in [-0.2, -0.15) is 0 Å². The van der Waals surface area contributed by atoms with Gasteiger partial charge in [0.2, 0.25) is 0 Å². The van der Waals surface area contributed by atoms with E-state index < -0.39 is 0 Å². The molecule has 0 aromatic heterocycles. The quantitative estimate of drug-likeness (QED) is 0.453. The maximum absolute atomic E-state index is 5.05. The largest absolute Gasteiger partial charge is 0.493 e. The van der Waals surface area contributed by atoms with E-state index >= 15 is 0 Å². The van der Waals surface area contributed by atoms with Crippen LogP contribution in [0.4, 0.5) is 0 Å². The van der Waals surface area contributed by atoms with Gasteiger partial charge in [-0.1, -0.05) is 12.7 Å². The number of allylic oxidation sites excluding steroid dienone is 1. The van der Waals surface area contributed by atoms with Crippen LogP contribution in [0.2, 0.25) is 0 Å². The van der Waals surface area contributed by atoms with Gasteiger partial charge in [-0.15, -0.1) is 12.6 Å². The summed E-state index contributed by atoms with van der Waals surface area (Å²) >= 11 is 4.27. The Balaban J connectivity index is 2.84.